The first kappa shape index (κ1) is 11.0. The summed E-state index contributed by atoms with van der Waals surface area (Å²) in [5.74, 6) is -0.822. The summed E-state index contributed by atoms with van der Waals surface area (Å²) in [6, 6.07) is 0. The van der Waals surface area contributed by atoms with Gasteiger partial charge in [0.2, 0.25) is 0 Å². The number of anilines is 1. The molecular formula is C9H14N2O2S. The van der Waals surface area contributed by atoms with Crippen LogP contribution in [0.15, 0.2) is 0 Å². The van der Waals surface area contributed by atoms with Crippen molar-refractivity contribution in [2.24, 2.45) is 0 Å². The molecule has 1 heterocycles. The zero-order chi connectivity index (χ0) is 10.7. The lowest BCUT2D eigenvalue weighted by Crippen LogP contribution is -2.29. The zero-order valence-electron chi connectivity index (χ0n) is 8.57. The van der Waals surface area contributed by atoms with E-state index in [9.17, 15) is 4.79 Å². The number of carbonyl (C=O) groups is 1. The van der Waals surface area contributed by atoms with Crippen molar-refractivity contribution in [2.45, 2.75) is 20.8 Å². The predicted octanol–water partition coefficient (Wildman–Crippen LogP) is 1.67. The molecule has 1 N–H and O–H groups in total. The second kappa shape index (κ2) is 4.41. The number of carboxylic acid groups (broad SMARTS) is 1. The van der Waals surface area contributed by atoms with Crippen LogP contribution in [0.2, 0.25) is 0 Å². The largest absolute Gasteiger partial charge is 0.480 e. The van der Waals surface area contributed by atoms with Crippen molar-refractivity contribution in [1.29, 1.82) is 0 Å². The highest BCUT2D eigenvalue weighted by atomic mass is 32.1. The molecule has 0 amide bonds. The molecule has 0 aliphatic carbocycles. The number of rotatable bonds is 4. The lowest BCUT2D eigenvalue weighted by Gasteiger charge is -2.16. The standard InChI is InChI=1S/C9H14N2O2S/c1-4-11(5-8(12)13)9-10-6(2)7(3)14-9/h4-5H2,1-3H3,(H,12,13). The van der Waals surface area contributed by atoms with Gasteiger partial charge in [-0.05, 0) is 20.8 Å². The molecular weight excluding hydrogens is 200 g/mol. The fourth-order valence-electron chi connectivity index (χ4n) is 1.07. The highest BCUT2D eigenvalue weighted by Gasteiger charge is 2.13. The Morgan fingerprint density at radius 1 is 1.57 bits per heavy atom. The molecule has 0 fully saturated rings. The molecule has 1 rings (SSSR count). The van der Waals surface area contributed by atoms with E-state index in [4.69, 9.17) is 5.11 Å². The SMILES string of the molecule is CCN(CC(=O)O)c1nc(C)c(C)s1. The van der Waals surface area contributed by atoms with Gasteiger partial charge in [0.05, 0.1) is 5.69 Å². The number of thiazole rings is 1. The van der Waals surface area contributed by atoms with E-state index in [1.54, 1.807) is 16.2 Å². The Morgan fingerprint density at radius 2 is 2.21 bits per heavy atom. The van der Waals surface area contributed by atoms with Crippen molar-refractivity contribution in [2.75, 3.05) is 18.0 Å². The molecule has 0 aliphatic heterocycles. The zero-order valence-corrected chi connectivity index (χ0v) is 9.39. The number of nitrogens with zero attached hydrogens (tertiary/aromatic N) is 2. The van der Waals surface area contributed by atoms with Gasteiger partial charge in [-0.3, -0.25) is 4.79 Å². The van der Waals surface area contributed by atoms with Crippen LogP contribution in [0.1, 0.15) is 17.5 Å². The normalized spacial score (nSPS) is 10.2. The maximum absolute atomic E-state index is 10.6. The Hall–Kier alpha value is -1.10. The number of hydrogen-bond acceptors (Lipinski definition) is 4. The van der Waals surface area contributed by atoms with E-state index in [1.807, 2.05) is 20.8 Å². The number of aliphatic carboxylic acids is 1. The molecule has 0 saturated carbocycles. The highest BCUT2D eigenvalue weighted by molar-refractivity contribution is 7.15. The van der Waals surface area contributed by atoms with Gasteiger partial charge < -0.3 is 10.0 Å². The van der Waals surface area contributed by atoms with Crippen LogP contribution in [-0.4, -0.2) is 29.1 Å². The van der Waals surface area contributed by atoms with Gasteiger partial charge in [0.25, 0.3) is 0 Å². The summed E-state index contributed by atoms with van der Waals surface area (Å²) in [6.07, 6.45) is 0. The third-order valence-electron chi connectivity index (χ3n) is 2.00. The molecule has 0 aliphatic rings. The first-order chi connectivity index (χ1) is 6.54. The Morgan fingerprint density at radius 3 is 2.57 bits per heavy atom. The average molecular weight is 214 g/mol. The molecule has 0 atom stereocenters. The molecule has 0 saturated heterocycles. The van der Waals surface area contributed by atoms with Gasteiger partial charge in [-0.2, -0.15) is 0 Å². The number of aryl methyl sites for hydroxylation is 2. The lowest BCUT2D eigenvalue weighted by molar-refractivity contribution is -0.135. The van der Waals surface area contributed by atoms with Crippen LogP contribution in [0.3, 0.4) is 0 Å². The Kier molecular flexibility index (Phi) is 3.46. The van der Waals surface area contributed by atoms with Crippen LogP contribution >= 0.6 is 11.3 Å². The minimum Gasteiger partial charge on any atom is -0.480 e. The van der Waals surface area contributed by atoms with Crippen molar-refractivity contribution in [3.8, 4) is 0 Å². The molecule has 78 valence electrons. The topological polar surface area (TPSA) is 53.4 Å². The summed E-state index contributed by atoms with van der Waals surface area (Å²) >= 11 is 1.54. The lowest BCUT2D eigenvalue weighted by atomic mass is 10.4. The minimum atomic E-state index is -0.822. The summed E-state index contributed by atoms with van der Waals surface area (Å²) in [4.78, 5) is 17.8. The molecule has 1 aromatic heterocycles. The van der Waals surface area contributed by atoms with Crippen molar-refractivity contribution in [1.82, 2.24) is 4.98 Å². The molecule has 1 aromatic rings. The fourth-order valence-corrected chi connectivity index (χ4v) is 2.04. The van der Waals surface area contributed by atoms with Gasteiger partial charge in [0.1, 0.15) is 6.54 Å². The van der Waals surface area contributed by atoms with Gasteiger partial charge in [0, 0.05) is 11.4 Å². The average Bonchev–Trinajstić information content (AvgIpc) is 2.42. The monoisotopic (exact) mass is 214 g/mol. The van der Waals surface area contributed by atoms with Crippen LogP contribution in [0.5, 0.6) is 0 Å². The molecule has 0 aromatic carbocycles. The van der Waals surface area contributed by atoms with E-state index in [0.29, 0.717) is 6.54 Å². The van der Waals surface area contributed by atoms with E-state index in [0.717, 1.165) is 15.7 Å². The number of aromatic nitrogens is 1. The molecule has 0 spiro atoms. The molecule has 0 bridgehead atoms. The smallest absolute Gasteiger partial charge is 0.323 e. The van der Waals surface area contributed by atoms with E-state index < -0.39 is 5.97 Å². The predicted molar refractivity (Wildman–Crippen MR) is 57.1 cm³/mol. The van der Waals surface area contributed by atoms with Crippen LogP contribution in [0.25, 0.3) is 0 Å². The van der Waals surface area contributed by atoms with E-state index in [-0.39, 0.29) is 6.54 Å². The molecule has 0 unspecified atom stereocenters. The van der Waals surface area contributed by atoms with Gasteiger partial charge in [0.15, 0.2) is 5.13 Å². The fraction of sp³-hybridized carbons (Fsp3) is 0.556. The van der Waals surface area contributed by atoms with E-state index in [1.165, 1.54) is 0 Å². The third kappa shape index (κ3) is 2.45. The summed E-state index contributed by atoms with van der Waals surface area (Å²) < 4.78 is 0. The maximum atomic E-state index is 10.6. The second-order valence-electron chi connectivity index (χ2n) is 3.05. The number of carboxylic acids is 1. The van der Waals surface area contributed by atoms with Crippen molar-refractivity contribution >= 4 is 22.4 Å². The van der Waals surface area contributed by atoms with Crippen molar-refractivity contribution in [3.05, 3.63) is 10.6 Å². The quantitative estimate of drug-likeness (QED) is 0.828. The van der Waals surface area contributed by atoms with Crippen LogP contribution in [0.4, 0.5) is 5.13 Å². The van der Waals surface area contributed by atoms with Crippen LogP contribution in [0, 0.1) is 13.8 Å². The summed E-state index contributed by atoms with van der Waals surface area (Å²) in [5, 5.41) is 9.48. The summed E-state index contributed by atoms with van der Waals surface area (Å²) in [7, 11) is 0. The molecule has 5 heteroatoms. The van der Waals surface area contributed by atoms with Gasteiger partial charge in [-0.15, -0.1) is 11.3 Å². The first-order valence-corrected chi connectivity index (χ1v) is 5.27. The number of hydrogen-bond donors (Lipinski definition) is 1. The van der Waals surface area contributed by atoms with E-state index >= 15 is 0 Å². The summed E-state index contributed by atoms with van der Waals surface area (Å²) in [5.41, 5.74) is 0.980. The van der Waals surface area contributed by atoms with Gasteiger partial charge >= 0.3 is 5.97 Å². The van der Waals surface area contributed by atoms with Crippen molar-refractivity contribution < 1.29 is 9.90 Å². The van der Waals surface area contributed by atoms with Crippen LogP contribution in [-0.2, 0) is 4.79 Å². The maximum Gasteiger partial charge on any atom is 0.323 e. The molecule has 4 nitrogen and oxygen atoms in total. The molecule has 0 radical (unpaired) electrons. The highest BCUT2D eigenvalue weighted by Crippen LogP contribution is 2.24. The summed E-state index contributed by atoms with van der Waals surface area (Å²) in [6.45, 7) is 6.53. The van der Waals surface area contributed by atoms with Gasteiger partial charge in [-0.1, -0.05) is 0 Å². The van der Waals surface area contributed by atoms with Gasteiger partial charge in [-0.25, -0.2) is 4.98 Å². The Bertz CT molecular complexity index is 316. The van der Waals surface area contributed by atoms with Crippen LogP contribution < -0.4 is 4.90 Å². The Balaban J connectivity index is 2.83. The molecule has 14 heavy (non-hydrogen) atoms. The second-order valence-corrected chi connectivity index (χ2v) is 4.23. The Labute approximate surface area is 87.2 Å². The van der Waals surface area contributed by atoms with Crippen molar-refractivity contribution in [3.63, 3.8) is 0 Å². The van der Waals surface area contributed by atoms with E-state index in [2.05, 4.69) is 4.98 Å². The minimum absolute atomic E-state index is 0.0168. The number of likely N-dealkylation sites (N-methyl/N-ethyl adjacent to an activating group) is 1. The third-order valence-corrected chi connectivity index (χ3v) is 3.13. The first-order valence-electron chi connectivity index (χ1n) is 4.45.